The maximum absolute atomic E-state index is 9.27. The lowest BCUT2D eigenvalue weighted by Crippen LogP contribution is -2.47. The maximum Gasteiger partial charge on any atom is 0.127 e. The van der Waals surface area contributed by atoms with Crippen LogP contribution in [0.25, 0.3) is 11.3 Å². The van der Waals surface area contributed by atoms with Gasteiger partial charge < -0.3 is 25.7 Å². The van der Waals surface area contributed by atoms with Crippen molar-refractivity contribution >= 4 is 12.4 Å². The average molecular weight is 418 g/mol. The minimum absolute atomic E-state index is 0. The molecule has 0 aliphatic heterocycles. The zero-order chi connectivity index (χ0) is 20.0. The molecule has 3 aromatic rings. The van der Waals surface area contributed by atoms with Crippen molar-refractivity contribution in [3.8, 4) is 22.8 Å². The fourth-order valence-electron chi connectivity index (χ4n) is 2.85. The summed E-state index contributed by atoms with van der Waals surface area (Å²) in [5.74, 6) is 2.48. The van der Waals surface area contributed by atoms with Gasteiger partial charge >= 0.3 is 0 Å². The van der Waals surface area contributed by atoms with Gasteiger partial charge in [0.2, 0.25) is 0 Å². The molecule has 1 heterocycles. The molecule has 3 rings (SSSR count). The van der Waals surface area contributed by atoms with Crippen molar-refractivity contribution in [1.29, 1.82) is 0 Å². The Labute approximate surface area is 177 Å². The molecular weight excluding hydrogens is 390 g/mol. The van der Waals surface area contributed by atoms with E-state index in [2.05, 4.69) is 16.9 Å². The van der Waals surface area contributed by atoms with Gasteiger partial charge in [0.15, 0.2) is 0 Å². The van der Waals surface area contributed by atoms with Crippen molar-refractivity contribution in [3.05, 3.63) is 66.1 Å². The van der Waals surface area contributed by atoms with Gasteiger partial charge in [0.05, 0.1) is 30.6 Å². The number of H-pyrrole nitrogens is 1. The number of aliphatic hydroxyl groups is 2. The third-order valence-corrected chi connectivity index (χ3v) is 4.83. The third kappa shape index (κ3) is 6.05. The zero-order valence-corrected chi connectivity index (χ0v) is 17.3. The zero-order valence-electron chi connectivity index (χ0n) is 16.5. The highest BCUT2D eigenvalue weighted by molar-refractivity contribution is 5.85. The first-order valence-corrected chi connectivity index (χ1v) is 9.47. The number of aromatic amines is 1. The lowest BCUT2D eigenvalue weighted by atomic mass is 9.94. The normalized spacial score (nSPS) is 11.2. The van der Waals surface area contributed by atoms with Crippen LogP contribution in [0.1, 0.15) is 24.7 Å². The molecule has 0 fully saturated rings. The molecule has 0 radical (unpaired) electrons. The van der Waals surface area contributed by atoms with Gasteiger partial charge in [-0.25, -0.2) is 4.98 Å². The van der Waals surface area contributed by atoms with E-state index in [0.29, 0.717) is 12.8 Å². The lowest BCUT2D eigenvalue weighted by molar-refractivity contribution is 0.115. The Kier molecular flexibility index (Phi) is 8.22. The molecule has 156 valence electrons. The molecule has 6 nitrogen and oxygen atoms in total. The predicted octanol–water partition coefficient (Wildman–Crippen LogP) is 3.47. The highest BCUT2D eigenvalue weighted by atomic mass is 35.5. The number of benzene rings is 2. The fourth-order valence-corrected chi connectivity index (χ4v) is 2.85. The second-order valence-corrected chi connectivity index (χ2v) is 7.05. The van der Waals surface area contributed by atoms with Gasteiger partial charge in [-0.3, -0.25) is 0 Å². The number of hydrogen-bond donors (Lipinski definition) is 4. The molecule has 2 aromatic carbocycles. The Hall–Kier alpha value is -2.38. The number of nitrogens with zero attached hydrogens (tertiary/aromatic N) is 1. The van der Waals surface area contributed by atoms with Crippen LogP contribution in [0.15, 0.2) is 54.7 Å². The first kappa shape index (κ1) is 22.9. The molecule has 0 amide bonds. The van der Waals surface area contributed by atoms with Crippen LogP contribution >= 0.6 is 12.4 Å². The summed E-state index contributed by atoms with van der Waals surface area (Å²) in [4.78, 5) is 7.62. The van der Waals surface area contributed by atoms with E-state index in [0.717, 1.165) is 40.6 Å². The first-order chi connectivity index (χ1) is 13.5. The van der Waals surface area contributed by atoms with E-state index in [4.69, 9.17) is 10.5 Å². The van der Waals surface area contributed by atoms with Gasteiger partial charge in [0, 0.05) is 6.42 Å². The van der Waals surface area contributed by atoms with Gasteiger partial charge in [-0.15, -0.1) is 12.4 Å². The van der Waals surface area contributed by atoms with Crippen LogP contribution in [-0.2, 0) is 12.8 Å². The van der Waals surface area contributed by atoms with E-state index in [9.17, 15) is 10.2 Å². The summed E-state index contributed by atoms with van der Waals surface area (Å²) in [5, 5.41) is 18.5. The molecule has 7 heteroatoms. The summed E-state index contributed by atoms with van der Waals surface area (Å²) < 4.78 is 5.91. The van der Waals surface area contributed by atoms with Crippen LogP contribution in [0.3, 0.4) is 0 Å². The Morgan fingerprint density at radius 1 is 1.00 bits per heavy atom. The summed E-state index contributed by atoms with van der Waals surface area (Å²) in [7, 11) is 0. The Morgan fingerprint density at radius 3 is 2.10 bits per heavy atom. The number of aliphatic hydroxyl groups excluding tert-OH is 2. The van der Waals surface area contributed by atoms with Crippen LogP contribution in [0.4, 0.5) is 0 Å². The van der Waals surface area contributed by atoms with Crippen LogP contribution in [-0.4, -0.2) is 38.9 Å². The molecular formula is C22H28ClN3O3. The van der Waals surface area contributed by atoms with Crippen molar-refractivity contribution in [2.24, 2.45) is 5.73 Å². The molecule has 0 aliphatic carbocycles. The van der Waals surface area contributed by atoms with Crippen LogP contribution in [0.5, 0.6) is 11.5 Å². The maximum atomic E-state index is 9.27. The van der Waals surface area contributed by atoms with E-state index in [1.165, 1.54) is 0 Å². The second kappa shape index (κ2) is 10.4. The van der Waals surface area contributed by atoms with E-state index in [1.807, 2.05) is 54.7 Å². The van der Waals surface area contributed by atoms with Crippen LogP contribution in [0.2, 0.25) is 0 Å². The highest BCUT2D eigenvalue weighted by Gasteiger charge is 2.22. The Bertz CT molecular complexity index is 875. The fraction of sp³-hybridized carbons (Fsp3) is 0.318. The van der Waals surface area contributed by atoms with Crippen molar-refractivity contribution in [2.75, 3.05) is 13.2 Å². The minimum atomic E-state index is -0.941. The van der Waals surface area contributed by atoms with Crippen LogP contribution < -0.4 is 10.5 Å². The largest absolute Gasteiger partial charge is 0.457 e. The number of aromatic nitrogens is 2. The van der Waals surface area contributed by atoms with Crippen molar-refractivity contribution in [3.63, 3.8) is 0 Å². The molecule has 29 heavy (non-hydrogen) atoms. The summed E-state index contributed by atoms with van der Waals surface area (Å²) in [6.07, 6.45) is 3.91. The number of nitrogens with one attached hydrogen (secondary N) is 1. The second-order valence-electron chi connectivity index (χ2n) is 7.05. The molecule has 5 N–H and O–H groups in total. The Balaban J connectivity index is 0.00000300. The summed E-state index contributed by atoms with van der Waals surface area (Å²) >= 11 is 0. The smallest absolute Gasteiger partial charge is 0.127 e. The van der Waals surface area contributed by atoms with E-state index in [1.54, 1.807) is 0 Å². The standard InChI is InChI=1S/C22H27N3O3.ClH/c1-2-21-24-13-20(25-21)17-5-9-19(10-6-17)28-18-7-3-16(4-8-18)11-12-22(23,14-26)15-27;/h3-10,13,26-27H,2,11-12,14-15,23H2,1H3,(H,24,25);1H. The molecule has 0 saturated carbocycles. The van der Waals surface area contributed by atoms with Crippen molar-refractivity contribution in [1.82, 2.24) is 9.97 Å². The molecule has 0 unspecified atom stereocenters. The number of halogens is 1. The number of aryl methyl sites for hydroxylation is 2. The Morgan fingerprint density at radius 2 is 1.59 bits per heavy atom. The first-order valence-electron chi connectivity index (χ1n) is 9.47. The number of rotatable bonds is 9. The monoisotopic (exact) mass is 417 g/mol. The quantitative estimate of drug-likeness (QED) is 0.426. The number of ether oxygens (including phenoxy) is 1. The molecule has 0 spiro atoms. The van der Waals surface area contributed by atoms with E-state index in [-0.39, 0.29) is 25.6 Å². The van der Waals surface area contributed by atoms with Crippen molar-refractivity contribution < 1.29 is 14.9 Å². The van der Waals surface area contributed by atoms with Gasteiger partial charge in [-0.05, 0) is 60.4 Å². The molecule has 0 saturated heterocycles. The predicted molar refractivity (Wildman–Crippen MR) is 117 cm³/mol. The van der Waals surface area contributed by atoms with E-state index >= 15 is 0 Å². The van der Waals surface area contributed by atoms with Crippen LogP contribution in [0, 0.1) is 0 Å². The lowest BCUT2D eigenvalue weighted by Gasteiger charge is -2.24. The van der Waals surface area contributed by atoms with Gasteiger partial charge in [0.25, 0.3) is 0 Å². The molecule has 0 aliphatic rings. The highest BCUT2D eigenvalue weighted by Crippen LogP contribution is 2.26. The number of hydrogen-bond acceptors (Lipinski definition) is 5. The van der Waals surface area contributed by atoms with Gasteiger partial charge in [-0.2, -0.15) is 0 Å². The summed E-state index contributed by atoms with van der Waals surface area (Å²) in [5.41, 5.74) is 8.10. The number of imidazole rings is 1. The third-order valence-electron chi connectivity index (χ3n) is 4.83. The summed E-state index contributed by atoms with van der Waals surface area (Å²) in [6, 6.07) is 15.6. The average Bonchev–Trinajstić information content (AvgIpc) is 3.23. The molecule has 1 aromatic heterocycles. The summed E-state index contributed by atoms with van der Waals surface area (Å²) in [6.45, 7) is 1.59. The minimum Gasteiger partial charge on any atom is -0.457 e. The number of nitrogens with two attached hydrogens (primary N) is 1. The molecule has 0 atom stereocenters. The molecule has 0 bridgehead atoms. The van der Waals surface area contributed by atoms with Gasteiger partial charge in [0.1, 0.15) is 17.3 Å². The SMILES string of the molecule is CCc1ncc(-c2ccc(Oc3ccc(CCC(N)(CO)CO)cc3)cc2)[nH]1.Cl. The van der Waals surface area contributed by atoms with E-state index < -0.39 is 5.54 Å². The topological polar surface area (TPSA) is 104 Å². The van der Waals surface area contributed by atoms with Crippen molar-refractivity contribution in [2.45, 2.75) is 31.7 Å². The van der Waals surface area contributed by atoms with Gasteiger partial charge in [-0.1, -0.05) is 19.1 Å².